The Bertz CT molecular complexity index is 1140. The molecule has 0 unspecified atom stereocenters. The van der Waals surface area contributed by atoms with Crippen LogP contribution < -0.4 is 15.0 Å². The van der Waals surface area contributed by atoms with Crippen LogP contribution in [0.2, 0.25) is 0 Å². The molecule has 2 heterocycles. The van der Waals surface area contributed by atoms with Crippen LogP contribution in [0, 0.1) is 0 Å². The monoisotopic (exact) mass is 447 g/mol. The Labute approximate surface area is 192 Å². The van der Waals surface area contributed by atoms with Crippen LogP contribution in [0.3, 0.4) is 0 Å². The predicted octanol–water partition coefficient (Wildman–Crippen LogP) is 3.55. The van der Waals surface area contributed by atoms with E-state index in [0.29, 0.717) is 17.5 Å². The third-order valence-electron chi connectivity index (χ3n) is 6.10. The van der Waals surface area contributed by atoms with Gasteiger partial charge in [-0.2, -0.15) is 0 Å². The molecule has 1 fully saturated rings. The van der Waals surface area contributed by atoms with E-state index in [2.05, 4.69) is 27.5 Å². The molecule has 1 N–H and O–H groups in total. The molecule has 2 aromatic carbocycles. The normalized spacial score (nSPS) is 18.3. The number of benzene rings is 2. The highest BCUT2D eigenvalue weighted by Gasteiger charge is 2.30. The zero-order chi connectivity index (χ0) is 22.1. The van der Waals surface area contributed by atoms with Crippen molar-refractivity contribution in [1.82, 2.24) is 20.1 Å². The average Bonchev–Trinajstić information content (AvgIpc) is 3.13. The molecule has 32 heavy (non-hydrogen) atoms. The van der Waals surface area contributed by atoms with E-state index in [4.69, 9.17) is 17.0 Å². The SMILES string of the molecule is CN1C(=S)[C@@H](NC(=O)c2nc(Cc3ccccc3)n(C3CCC3)n2)COc2ccccc21. The van der Waals surface area contributed by atoms with Crippen molar-refractivity contribution in [3.8, 4) is 5.75 Å². The highest BCUT2D eigenvalue weighted by atomic mass is 32.1. The number of nitrogens with zero attached hydrogens (tertiary/aromatic N) is 4. The van der Waals surface area contributed by atoms with E-state index in [1.165, 1.54) is 6.42 Å². The van der Waals surface area contributed by atoms with Gasteiger partial charge >= 0.3 is 0 Å². The van der Waals surface area contributed by atoms with Crippen LogP contribution in [0.1, 0.15) is 47.3 Å². The second-order valence-corrected chi connectivity index (χ2v) is 8.66. The molecule has 0 spiro atoms. The summed E-state index contributed by atoms with van der Waals surface area (Å²) in [4.78, 5) is 20.2. The Morgan fingerprint density at radius 3 is 2.66 bits per heavy atom. The van der Waals surface area contributed by atoms with Crippen molar-refractivity contribution in [2.24, 2.45) is 0 Å². The first-order valence-electron chi connectivity index (χ1n) is 10.9. The first-order chi connectivity index (χ1) is 15.6. The minimum absolute atomic E-state index is 0.176. The number of carbonyl (C=O) groups excluding carboxylic acids is 1. The van der Waals surface area contributed by atoms with Gasteiger partial charge < -0.3 is 15.0 Å². The number of nitrogens with one attached hydrogen (secondary N) is 1. The molecule has 7 nitrogen and oxygen atoms in total. The van der Waals surface area contributed by atoms with Gasteiger partial charge in [0.1, 0.15) is 29.2 Å². The van der Waals surface area contributed by atoms with Crippen LogP contribution in [0.25, 0.3) is 0 Å². The lowest BCUT2D eigenvalue weighted by Crippen LogP contribution is -2.48. The minimum atomic E-state index is -0.455. The van der Waals surface area contributed by atoms with Gasteiger partial charge in [-0.3, -0.25) is 4.79 Å². The molecular formula is C24H25N5O2S. The van der Waals surface area contributed by atoms with E-state index in [-0.39, 0.29) is 18.3 Å². The number of hydrogen-bond acceptors (Lipinski definition) is 5. The molecule has 164 valence electrons. The number of aromatic nitrogens is 3. The van der Waals surface area contributed by atoms with Gasteiger partial charge in [0, 0.05) is 13.5 Å². The molecule has 1 aliphatic carbocycles. The Morgan fingerprint density at radius 2 is 1.91 bits per heavy atom. The number of carbonyl (C=O) groups is 1. The smallest absolute Gasteiger partial charge is 0.291 e. The average molecular weight is 448 g/mol. The zero-order valence-electron chi connectivity index (χ0n) is 17.9. The van der Waals surface area contributed by atoms with E-state index in [1.807, 2.05) is 59.1 Å². The Hall–Kier alpha value is -3.26. The summed E-state index contributed by atoms with van der Waals surface area (Å²) in [5, 5.41) is 7.58. The second kappa shape index (κ2) is 8.70. The summed E-state index contributed by atoms with van der Waals surface area (Å²) < 4.78 is 7.86. The standard InChI is InChI=1S/C24H25N5O2S/c1-28-19-12-5-6-13-20(19)31-15-18(24(28)32)25-23(30)22-26-21(14-16-8-3-2-4-9-16)29(27-22)17-10-7-11-17/h2-6,8-9,12-13,17-18H,7,10-11,14-15H2,1H3,(H,25,30)/t18-/m0/s1. The molecule has 3 aromatic rings. The molecule has 2 aliphatic rings. The van der Waals surface area contributed by atoms with Crippen molar-refractivity contribution in [3.05, 3.63) is 71.8 Å². The molecule has 1 aliphatic heterocycles. The fraction of sp³-hybridized carbons (Fsp3) is 0.333. The number of fused-ring (bicyclic) bond motifs is 1. The summed E-state index contributed by atoms with van der Waals surface area (Å²) in [7, 11) is 1.89. The molecule has 0 radical (unpaired) electrons. The summed E-state index contributed by atoms with van der Waals surface area (Å²) in [5.41, 5.74) is 2.02. The van der Waals surface area contributed by atoms with Gasteiger partial charge in [-0.15, -0.1) is 5.10 Å². The van der Waals surface area contributed by atoms with Gasteiger partial charge in [0.2, 0.25) is 5.82 Å². The topological polar surface area (TPSA) is 72.3 Å². The maximum Gasteiger partial charge on any atom is 0.291 e. The molecule has 5 rings (SSSR count). The van der Waals surface area contributed by atoms with Crippen molar-refractivity contribution in [2.75, 3.05) is 18.6 Å². The van der Waals surface area contributed by atoms with Crippen LogP contribution in [-0.2, 0) is 6.42 Å². The number of hydrogen-bond donors (Lipinski definition) is 1. The van der Waals surface area contributed by atoms with Gasteiger partial charge in [0.25, 0.3) is 5.91 Å². The Balaban J connectivity index is 1.36. The largest absolute Gasteiger partial charge is 0.489 e. The van der Waals surface area contributed by atoms with Crippen molar-refractivity contribution < 1.29 is 9.53 Å². The Morgan fingerprint density at radius 1 is 1.16 bits per heavy atom. The van der Waals surface area contributed by atoms with Crippen molar-refractivity contribution in [1.29, 1.82) is 0 Å². The van der Waals surface area contributed by atoms with E-state index in [1.54, 1.807) is 0 Å². The number of amides is 1. The Kier molecular flexibility index (Phi) is 5.61. The molecule has 1 saturated carbocycles. The zero-order valence-corrected chi connectivity index (χ0v) is 18.7. The highest BCUT2D eigenvalue weighted by Crippen LogP contribution is 2.32. The second-order valence-electron chi connectivity index (χ2n) is 8.25. The summed E-state index contributed by atoms with van der Waals surface area (Å²) in [6, 6.07) is 17.7. The first kappa shape index (κ1) is 20.6. The van der Waals surface area contributed by atoms with Gasteiger partial charge in [0.15, 0.2) is 0 Å². The molecule has 0 saturated heterocycles. The fourth-order valence-electron chi connectivity index (χ4n) is 4.05. The van der Waals surface area contributed by atoms with E-state index in [9.17, 15) is 4.79 Å². The molecule has 1 aromatic heterocycles. The summed E-state index contributed by atoms with van der Waals surface area (Å²) in [5.74, 6) is 1.39. The van der Waals surface area contributed by atoms with Crippen molar-refractivity contribution in [3.63, 3.8) is 0 Å². The molecular weight excluding hydrogens is 422 g/mol. The van der Waals surface area contributed by atoms with Crippen LogP contribution >= 0.6 is 12.2 Å². The van der Waals surface area contributed by atoms with Crippen LogP contribution in [-0.4, -0.2) is 45.4 Å². The lowest BCUT2D eigenvalue weighted by molar-refractivity contribution is 0.0926. The number of likely N-dealkylation sites (N-methyl/N-ethyl adjacent to an activating group) is 1. The molecule has 8 heteroatoms. The van der Waals surface area contributed by atoms with Gasteiger partial charge in [-0.25, -0.2) is 9.67 Å². The van der Waals surface area contributed by atoms with Crippen LogP contribution in [0.15, 0.2) is 54.6 Å². The van der Waals surface area contributed by atoms with E-state index >= 15 is 0 Å². The quantitative estimate of drug-likeness (QED) is 0.603. The van der Waals surface area contributed by atoms with Crippen molar-refractivity contribution >= 4 is 28.8 Å². The van der Waals surface area contributed by atoms with Gasteiger partial charge in [0.05, 0.1) is 11.7 Å². The maximum atomic E-state index is 13.1. The highest BCUT2D eigenvalue weighted by molar-refractivity contribution is 7.80. The lowest BCUT2D eigenvalue weighted by Gasteiger charge is -2.26. The van der Waals surface area contributed by atoms with E-state index in [0.717, 1.165) is 35.7 Å². The summed E-state index contributed by atoms with van der Waals surface area (Å²) in [6.07, 6.45) is 3.95. The third-order valence-corrected chi connectivity index (χ3v) is 6.66. The molecule has 0 bridgehead atoms. The lowest BCUT2D eigenvalue weighted by atomic mass is 9.93. The minimum Gasteiger partial charge on any atom is -0.489 e. The number of ether oxygens (including phenoxy) is 1. The van der Waals surface area contributed by atoms with Crippen LogP contribution in [0.4, 0.5) is 5.69 Å². The van der Waals surface area contributed by atoms with Crippen LogP contribution in [0.5, 0.6) is 5.75 Å². The van der Waals surface area contributed by atoms with Crippen molar-refractivity contribution in [2.45, 2.75) is 37.8 Å². The van der Waals surface area contributed by atoms with Gasteiger partial charge in [-0.05, 0) is 37.0 Å². The summed E-state index contributed by atoms with van der Waals surface area (Å²) >= 11 is 5.65. The molecule has 1 atom stereocenters. The number of thiocarbonyl (C=S) groups is 1. The first-order valence-corrected chi connectivity index (χ1v) is 11.3. The van der Waals surface area contributed by atoms with E-state index < -0.39 is 6.04 Å². The maximum absolute atomic E-state index is 13.1. The molecule has 1 amide bonds. The number of anilines is 1. The number of para-hydroxylation sites is 2. The van der Waals surface area contributed by atoms with Gasteiger partial charge in [-0.1, -0.05) is 54.7 Å². The third kappa shape index (κ3) is 3.98. The number of rotatable bonds is 5. The fourth-order valence-corrected chi connectivity index (χ4v) is 4.28. The predicted molar refractivity (Wildman–Crippen MR) is 126 cm³/mol. The summed E-state index contributed by atoms with van der Waals surface area (Å²) in [6.45, 7) is 0.256.